The number of benzene rings is 1. The second-order valence-electron chi connectivity index (χ2n) is 4.22. The van der Waals surface area contributed by atoms with Crippen LogP contribution in [-0.4, -0.2) is 36.6 Å². The zero-order valence-corrected chi connectivity index (χ0v) is 10.2. The lowest BCUT2D eigenvalue weighted by Gasteiger charge is -2.22. The van der Waals surface area contributed by atoms with Crippen LogP contribution in [0.3, 0.4) is 0 Å². The number of hydrogen-bond donors (Lipinski definition) is 0. The lowest BCUT2D eigenvalue weighted by molar-refractivity contribution is 0.0691. The molecule has 1 aromatic rings. The van der Waals surface area contributed by atoms with E-state index >= 15 is 0 Å². The predicted octanol–water partition coefficient (Wildman–Crippen LogP) is 2.52. The normalized spacial score (nSPS) is 22.9. The van der Waals surface area contributed by atoms with Crippen molar-refractivity contribution in [3.05, 3.63) is 35.9 Å². The first kappa shape index (κ1) is 11.9. The first-order chi connectivity index (χ1) is 7.88. The molecule has 0 amide bonds. The zero-order chi connectivity index (χ0) is 11.2. The molecule has 2 nitrogen and oxygen atoms in total. The van der Waals surface area contributed by atoms with E-state index in [-0.39, 0.29) is 6.10 Å². The van der Waals surface area contributed by atoms with Gasteiger partial charge in [0, 0.05) is 32.1 Å². The largest absolute Gasteiger partial charge is 0.376 e. The summed E-state index contributed by atoms with van der Waals surface area (Å²) in [6, 6.07) is 10.6. The van der Waals surface area contributed by atoms with Gasteiger partial charge in [-0.1, -0.05) is 30.3 Å². The Labute approximate surface area is 102 Å². The number of rotatable bonds is 3. The van der Waals surface area contributed by atoms with Crippen molar-refractivity contribution in [1.29, 1.82) is 0 Å². The molecule has 1 aromatic carbocycles. The molecule has 1 heterocycles. The fraction of sp³-hybridized carbons (Fsp3) is 0.538. The van der Waals surface area contributed by atoms with Crippen LogP contribution in [0, 0.1) is 0 Å². The van der Waals surface area contributed by atoms with E-state index in [9.17, 15) is 0 Å². The molecular weight excluding hydrogens is 222 g/mol. The van der Waals surface area contributed by atoms with Crippen LogP contribution >= 0.6 is 11.6 Å². The fourth-order valence-corrected chi connectivity index (χ4v) is 2.24. The SMILES string of the molecule is ClC[C@@H]1CN(Cc2ccccc2)CCCO1. The quantitative estimate of drug-likeness (QED) is 0.752. The van der Waals surface area contributed by atoms with Crippen LogP contribution in [0.15, 0.2) is 30.3 Å². The molecule has 0 radical (unpaired) electrons. The molecule has 0 aliphatic carbocycles. The Morgan fingerprint density at radius 2 is 2.12 bits per heavy atom. The number of ether oxygens (including phenoxy) is 1. The van der Waals surface area contributed by atoms with Gasteiger partial charge >= 0.3 is 0 Å². The van der Waals surface area contributed by atoms with Crippen molar-refractivity contribution in [3.63, 3.8) is 0 Å². The maximum Gasteiger partial charge on any atom is 0.0837 e. The van der Waals surface area contributed by atoms with Gasteiger partial charge in [0.15, 0.2) is 0 Å². The van der Waals surface area contributed by atoms with Crippen molar-refractivity contribution < 1.29 is 4.74 Å². The van der Waals surface area contributed by atoms with Crippen LogP contribution in [0.4, 0.5) is 0 Å². The fourth-order valence-electron chi connectivity index (χ4n) is 2.05. The minimum absolute atomic E-state index is 0.188. The molecule has 0 saturated carbocycles. The highest BCUT2D eigenvalue weighted by molar-refractivity contribution is 6.18. The molecule has 0 bridgehead atoms. The number of nitrogens with zero attached hydrogens (tertiary/aromatic N) is 1. The maximum absolute atomic E-state index is 5.87. The van der Waals surface area contributed by atoms with Crippen LogP contribution in [0.1, 0.15) is 12.0 Å². The summed E-state index contributed by atoms with van der Waals surface area (Å²) in [4.78, 5) is 2.43. The summed E-state index contributed by atoms with van der Waals surface area (Å²) < 4.78 is 5.65. The third kappa shape index (κ3) is 3.48. The van der Waals surface area contributed by atoms with E-state index in [0.29, 0.717) is 5.88 Å². The van der Waals surface area contributed by atoms with Crippen molar-refractivity contribution in [1.82, 2.24) is 4.90 Å². The van der Waals surface area contributed by atoms with Gasteiger partial charge in [0.1, 0.15) is 0 Å². The Balaban J connectivity index is 1.93. The summed E-state index contributed by atoms with van der Waals surface area (Å²) in [6.07, 6.45) is 1.29. The van der Waals surface area contributed by atoms with E-state index in [4.69, 9.17) is 16.3 Å². The average molecular weight is 240 g/mol. The van der Waals surface area contributed by atoms with Gasteiger partial charge in [0.05, 0.1) is 6.10 Å². The van der Waals surface area contributed by atoms with Gasteiger partial charge in [-0.2, -0.15) is 0 Å². The summed E-state index contributed by atoms with van der Waals surface area (Å²) in [5, 5.41) is 0. The first-order valence-corrected chi connectivity index (χ1v) is 6.36. The van der Waals surface area contributed by atoms with Gasteiger partial charge in [-0.05, 0) is 12.0 Å². The van der Waals surface area contributed by atoms with Gasteiger partial charge in [0.2, 0.25) is 0 Å². The number of alkyl halides is 1. The van der Waals surface area contributed by atoms with E-state index in [2.05, 4.69) is 35.2 Å². The maximum atomic E-state index is 5.87. The van der Waals surface area contributed by atoms with Gasteiger partial charge in [0.25, 0.3) is 0 Å². The monoisotopic (exact) mass is 239 g/mol. The van der Waals surface area contributed by atoms with Crippen molar-refractivity contribution in [3.8, 4) is 0 Å². The van der Waals surface area contributed by atoms with Gasteiger partial charge in [-0.15, -0.1) is 11.6 Å². The van der Waals surface area contributed by atoms with Gasteiger partial charge < -0.3 is 4.74 Å². The second-order valence-corrected chi connectivity index (χ2v) is 4.53. The summed E-state index contributed by atoms with van der Waals surface area (Å²) >= 11 is 5.87. The lowest BCUT2D eigenvalue weighted by Crippen LogP contribution is -2.32. The Kier molecular flexibility index (Phi) is 4.64. The first-order valence-electron chi connectivity index (χ1n) is 5.82. The standard InChI is InChI=1S/C13H18ClNO/c14-9-13-11-15(7-4-8-16-13)10-12-5-2-1-3-6-12/h1-3,5-6,13H,4,7-11H2/t13-/m1/s1. The van der Waals surface area contributed by atoms with Gasteiger partial charge in [-0.25, -0.2) is 0 Å². The van der Waals surface area contributed by atoms with Crippen LogP contribution in [0.5, 0.6) is 0 Å². The molecule has 1 saturated heterocycles. The Morgan fingerprint density at radius 3 is 2.88 bits per heavy atom. The molecule has 2 rings (SSSR count). The van der Waals surface area contributed by atoms with E-state index in [1.165, 1.54) is 5.56 Å². The summed E-state index contributed by atoms with van der Waals surface area (Å²) in [5.41, 5.74) is 1.36. The zero-order valence-electron chi connectivity index (χ0n) is 9.44. The van der Waals surface area contributed by atoms with Crippen LogP contribution in [-0.2, 0) is 11.3 Å². The Morgan fingerprint density at radius 1 is 1.31 bits per heavy atom. The van der Waals surface area contributed by atoms with Crippen molar-refractivity contribution >= 4 is 11.6 Å². The molecule has 16 heavy (non-hydrogen) atoms. The Hall–Kier alpha value is -0.570. The summed E-state index contributed by atoms with van der Waals surface area (Å²) in [5.74, 6) is 0.589. The van der Waals surface area contributed by atoms with Crippen LogP contribution < -0.4 is 0 Å². The molecule has 1 atom stereocenters. The molecule has 88 valence electrons. The highest BCUT2D eigenvalue weighted by Crippen LogP contribution is 2.11. The highest BCUT2D eigenvalue weighted by atomic mass is 35.5. The summed E-state index contributed by atoms with van der Waals surface area (Å²) in [6.45, 7) is 3.88. The average Bonchev–Trinajstić information content (AvgIpc) is 2.55. The Bertz CT molecular complexity index is 304. The molecule has 0 N–H and O–H groups in total. The smallest absolute Gasteiger partial charge is 0.0837 e. The molecule has 1 aliphatic rings. The minimum atomic E-state index is 0.188. The molecule has 1 fully saturated rings. The van der Waals surface area contributed by atoms with E-state index in [1.807, 2.05) is 0 Å². The number of hydrogen-bond acceptors (Lipinski definition) is 2. The molecule has 3 heteroatoms. The topological polar surface area (TPSA) is 12.5 Å². The van der Waals surface area contributed by atoms with Crippen LogP contribution in [0.2, 0.25) is 0 Å². The van der Waals surface area contributed by atoms with Crippen molar-refractivity contribution in [2.24, 2.45) is 0 Å². The van der Waals surface area contributed by atoms with E-state index in [1.54, 1.807) is 0 Å². The van der Waals surface area contributed by atoms with E-state index in [0.717, 1.165) is 32.7 Å². The summed E-state index contributed by atoms with van der Waals surface area (Å²) in [7, 11) is 0. The molecule has 0 unspecified atom stereocenters. The highest BCUT2D eigenvalue weighted by Gasteiger charge is 2.17. The molecule has 0 spiro atoms. The number of halogens is 1. The molecule has 0 aromatic heterocycles. The van der Waals surface area contributed by atoms with E-state index < -0.39 is 0 Å². The lowest BCUT2D eigenvalue weighted by atomic mass is 10.2. The minimum Gasteiger partial charge on any atom is -0.376 e. The van der Waals surface area contributed by atoms with Gasteiger partial charge in [-0.3, -0.25) is 4.90 Å². The van der Waals surface area contributed by atoms with Crippen molar-refractivity contribution in [2.45, 2.75) is 19.1 Å². The third-order valence-electron chi connectivity index (χ3n) is 2.86. The third-order valence-corrected chi connectivity index (χ3v) is 3.20. The van der Waals surface area contributed by atoms with Crippen LogP contribution in [0.25, 0.3) is 0 Å². The second kappa shape index (κ2) is 6.24. The van der Waals surface area contributed by atoms with Crippen molar-refractivity contribution in [2.75, 3.05) is 25.6 Å². The predicted molar refractivity (Wildman–Crippen MR) is 66.8 cm³/mol. The molecule has 1 aliphatic heterocycles. The molecular formula is C13H18ClNO.